The molecule has 0 saturated carbocycles. The van der Waals surface area contributed by atoms with Crippen LogP contribution in [-0.2, 0) is 11.2 Å². The van der Waals surface area contributed by atoms with Crippen LogP contribution in [0, 0.1) is 27.7 Å². The van der Waals surface area contributed by atoms with Crippen molar-refractivity contribution < 1.29 is 4.79 Å². The van der Waals surface area contributed by atoms with Crippen LogP contribution in [-0.4, -0.2) is 5.91 Å². The average Bonchev–Trinajstić information content (AvgIpc) is 2.45. The smallest absolute Gasteiger partial charge is 0.224 e. The van der Waals surface area contributed by atoms with Gasteiger partial charge in [0.2, 0.25) is 5.91 Å². The lowest BCUT2D eigenvalue weighted by Gasteiger charge is -2.18. The first-order chi connectivity index (χ1) is 10.4. The molecule has 2 aromatic carbocycles. The van der Waals surface area contributed by atoms with E-state index in [1.807, 2.05) is 6.92 Å². The van der Waals surface area contributed by atoms with Gasteiger partial charge in [0.1, 0.15) is 0 Å². The molecule has 0 fully saturated rings. The minimum absolute atomic E-state index is 0.0255. The second-order valence-electron chi connectivity index (χ2n) is 6.26. The van der Waals surface area contributed by atoms with Gasteiger partial charge in [-0.1, -0.05) is 47.5 Å². The molecule has 0 bridgehead atoms. The van der Waals surface area contributed by atoms with Gasteiger partial charge in [0, 0.05) is 0 Å². The summed E-state index contributed by atoms with van der Waals surface area (Å²) in [6.07, 6.45) is 0.433. The van der Waals surface area contributed by atoms with Crippen molar-refractivity contribution in [2.75, 3.05) is 0 Å². The summed E-state index contributed by atoms with van der Waals surface area (Å²) in [6, 6.07) is 12.6. The number of amides is 1. The lowest BCUT2D eigenvalue weighted by Crippen LogP contribution is -2.28. The number of hydrogen-bond donors (Lipinski definition) is 1. The highest BCUT2D eigenvalue weighted by molar-refractivity contribution is 5.79. The number of carbonyl (C=O) groups excluding carboxylic acids is 1. The molecule has 0 saturated heterocycles. The third-order valence-electron chi connectivity index (χ3n) is 4.13. The largest absolute Gasteiger partial charge is 0.349 e. The van der Waals surface area contributed by atoms with Gasteiger partial charge in [-0.3, -0.25) is 4.79 Å². The van der Waals surface area contributed by atoms with Crippen LogP contribution in [0.25, 0.3) is 0 Å². The molecule has 0 radical (unpaired) electrons. The Morgan fingerprint density at radius 1 is 0.955 bits per heavy atom. The highest BCUT2D eigenvalue weighted by atomic mass is 16.1. The van der Waals surface area contributed by atoms with Gasteiger partial charge >= 0.3 is 0 Å². The van der Waals surface area contributed by atoms with E-state index in [2.05, 4.69) is 69.4 Å². The normalized spacial score (nSPS) is 12.0. The molecule has 1 amide bonds. The van der Waals surface area contributed by atoms with Crippen LogP contribution in [0.2, 0.25) is 0 Å². The van der Waals surface area contributed by atoms with E-state index in [1.165, 1.54) is 27.8 Å². The monoisotopic (exact) mass is 295 g/mol. The Morgan fingerprint density at radius 2 is 1.55 bits per heavy atom. The minimum atomic E-state index is 0.0255. The summed E-state index contributed by atoms with van der Waals surface area (Å²) in [6.45, 7) is 10.3. The molecule has 22 heavy (non-hydrogen) atoms. The number of nitrogens with one attached hydrogen (secondary N) is 1. The van der Waals surface area contributed by atoms with E-state index in [1.54, 1.807) is 0 Å². The molecular weight excluding hydrogens is 270 g/mol. The SMILES string of the molecule is Cc1ccc(C)c(CC(=O)N[C@H](C)c2cc(C)ccc2C)c1. The Labute approximate surface area is 133 Å². The van der Waals surface area contributed by atoms with E-state index in [0.29, 0.717) is 6.42 Å². The zero-order chi connectivity index (χ0) is 16.3. The zero-order valence-electron chi connectivity index (χ0n) is 14.2. The van der Waals surface area contributed by atoms with Gasteiger partial charge in [-0.25, -0.2) is 0 Å². The third kappa shape index (κ3) is 3.97. The number of aryl methyl sites for hydroxylation is 4. The maximum Gasteiger partial charge on any atom is 0.224 e. The van der Waals surface area contributed by atoms with Crippen molar-refractivity contribution in [3.05, 3.63) is 69.8 Å². The molecule has 2 nitrogen and oxygen atoms in total. The second kappa shape index (κ2) is 6.78. The first kappa shape index (κ1) is 16.3. The van der Waals surface area contributed by atoms with E-state index in [4.69, 9.17) is 0 Å². The molecule has 0 heterocycles. The molecular formula is C20H25NO. The maximum absolute atomic E-state index is 12.3. The van der Waals surface area contributed by atoms with Crippen molar-refractivity contribution in [1.82, 2.24) is 5.32 Å². The van der Waals surface area contributed by atoms with Crippen molar-refractivity contribution in [2.45, 2.75) is 47.1 Å². The van der Waals surface area contributed by atoms with Gasteiger partial charge in [-0.15, -0.1) is 0 Å². The van der Waals surface area contributed by atoms with Crippen molar-refractivity contribution in [3.8, 4) is 0 Å². The molecule has 1 atom stereocenters. The van der Waals surface area contributed by atoms with E-state index >= 15 is 0 Å². The lowest BCUT2D eigenvalue weighted by atomic mass is 9.99. The van der Waals surface area contributed by atoms with Crippen LogP contribution in [0.1, 0.15) is 46.3 Å². The Hall–Kier alpha value is -2.09. The van der Waals surface area contributed by atoms with Crippen LogP contribution in [0.3, 0.4) is 0 Å². The molecule has 0 aliphatic rings. The van der Waals surface area contributed by atoms with Crippen LogP contribution in [0.15, 0.2) is 36.4 Å². The van der Waals surface area contributed by atoms with Crippen LogP contribution >= 0.6 is 0 Å². The van der Waals surface area contributed by atoms with Gasteiger partial charge in [-0.05, 0) is 56.9 Å². The molecule has 2 heteroatoms. The topological polar surface area (TPSA) is 29.1 Å². The molecule has 116 valence electrons. The molecule has 2 rings (SSSR count). The van der Waals surface area contributed by atoms with Crippen molar-refractivity contribution in [1.29, 1.82) is 0 Å². The van der Waals surface area contributed by atoms with Crippen molar-refractivity contribution in [2.24, 2.45) is 0 Å². The first-order valence-electron chi connectivity index (χ1n) is 7.79. The zero-order valence-corrected chi connectivity index (χ0v) is 14.2. The summed E-state index contributed by atoms with van der Waals surface area (Å²) >= 11 is 0. The summed E-state index contributed by atoms with van der Waals surface area (Å²) in [7, 11) is 0. The number of carbonyl (C=O) groups is 1. The Balaban J connectivity index is 2.08. The van der Waals surface area contributed by atoms with E-state index in [0.717, 1.165) is 5.56 Å². The maximum atomic E-state index is 12.3. The summed E-state index contributed by atoms with van der Waals surface area (Å²) in [5.74, 6) is 0.0714. The first-order valence-corrected chi connectivity index (χ1v) is 7.79. The molecule has 0 aliphatic heterocycles. The molecule has 0 aromatic heterocycles. The molecule has 1 N–H and O–H groups in total. The van der Waals surface area contributed by atoms with Crippen molar-refractivity contribution >= 4 is 5.91 Å². The number of rotatable bonds is 4. The molecule has 2 aromatic rings. The second-order valence-corrected chi connectivity index (χ2v) is 6.26. The number of benzene rings is 2. The Kier molecular flexibility index (Phi) is 5.02. The quantitative estimate of drug-likeness (QED) is 0.893. The fraction of sp³-hybridized carbons (Fsp3) is 0.350. The standard InChI is InChI=1S/C20H25NO/c1-13-6-8-15(3)18(10-13)12-20(22)21-17(5)19-11-14(2)7-9-16(19)4/h6-11,17H,12H2,1-5H3,(H,21,22)/t17-/m1/s1. The summed E-state index contributed by atoms with van der Waals surface area (Å²) < 4.78 is 0. The molecule has 0 aliphatic carbocycles. The summed E-state index contributed by atoms with van der Waals surface area (Å²) in [5, 5.41) is 3.12. The lowest BCUT2D eigenvalue weighted by molar-refractivity contribution is -0.121. The fourth-order valence-corrected chi connectivity index (χ4v) is 2.76. The van der Waals surface area contributed by atoms with Gasteiger partial charge in [0.15, 0.2) is 0 Å². The molecule has 0 unspecified atom stereocenters. The van der Waals surface area contributed by atoms with Crippen LogP contribution < -0.4 is 5.32 Å². The van der Waals surface area contributed by atoms with Crippen LogP contribution in [0.5, 0.6) is 0 Å². The average molecular weight is 295 g/mol. The molecule has 0 spiro atoms. The van der Waals surface area contributed by atoms with E-state index in [-0.39, 0.29) is 11.9 Å². The fourth-order valence-electron chi connectivity index (χ4n) is 2.76. The van der Waals surface area contributed by atoms with Gasteiger partial charge in [0.05, 0.1) is 12.5 Å². The van der Waals surface area contributed by atoms with Gasteiger partial charge in [0.25, 0.3) is 0 Å². The summed E-state index contributed by atoms with van der Waals surface area (Å²) in [5.41, 5.74) is 7.08. The van der Waals surface area contributed by atoms with Gasteiger partial charge < -0.3 is 5.32 Å². The third-order valence-corrected chi connectivity index (χ3v) is 4.13. The van der Waals surface area contributed by atoms with E-state index < -0.39 is 0 Å². The minimum Gasteiger partial charge on any atom is -0.349 e. The van der Waals surface area contributed by atoms with E-state index in [9.17, 15) is 4.79 Å². The summed E-state index contributed by atoms with van der Waals surface area (Å²) in [4.78, 5) is 12.3. The Morgan fingerprint density at radius 3 is 2.23 bits per heavy atom. The highest BCUT2D eigenvalue weighted by Crippen LogP contribution is 2.19. The number of hydrogen-bond acceptors (Lipinski definition) is 1. The van der Waals surface area contributed by atoms with Crippen molar-refractivity contribution in [3.63, 3.8) is 0 Å². The van der Waals surface area contributed by atoms with Gasteiger partial charge in [-0.2, -0.15) is 0 Å². The predicted octanol–water partition coefficient (Wildman–Crippen LogP) is 4.34. The van der Waals surface area contributed by atoms with Crippen LogP contribution in [0.4, 0.5) is 0 Å². The Bertz CT molecular complexity index is 688. The highest BCUT2D eigenvalue weighted by Gasteiger charge is 2.13. The predicted molar refractivity (Wildman–Crippen MR) is 92.1 cm³/mol.